The standard InChI is InChI=1S/C17H27N3O/c1-12(2)15-8-3-4-9-16(15)19-11-13-6-5-7-14(10-13)17(18)20-21/h5-7,10,12,15-16,19,21H,3-4,8-9,11H2,1-2H3,(H2,18,20). The van der Waals surface area contributed by atoms with Crippen LogP contribution in [0.3, 0.4) is 0 Å². The summed E-state index contributed by atoms with van der Waals surface area (Å²) in [7, 11) is 0. The summed E-state index contributed by atoms with van der Waals surface area (Å²) in [6.07, 6.45) is 5.29. The van der Waals surface area contributed by atoms with Crippen LogP contribution in [0.25, 0.3) is 0 Å². The lowest BCUT2D eigenvalue weighted by Crippen LogP contribution is -2.40. The van der Waals surface area contributed by atoms with Crippen molar-refractivity contribution in [1.82, 2.24) is 5.32 Å². The number of amidine groups is 1. The summed E-state index contributed by atoms with van der Waals surface area (Å²) in [5.41, 5.74) is 7.58. The van der Waals surface area contributed by atoms with Gasteiger partial charge in [0.25, 0.3) is 0 Å². The minimum absolute atomic E-state index is 0.162. The maximum Gasteiger partial charge on any atom is 0.170 e. The van der Waals surface area contributed by atoms with Crippen molar-refractivity contribution in [3.05, 3.63) is 35.4 Å². The summed E-state index contributed by atoms with van der Waals surface area (Å²) in [6, 6.07) is 8.47. The lowest BCUT2D eigenvalue weighted by atomic mass is 9.78. The second kappa shape index (κ2) is 7.46. The molecule has 1 fully saturated rings. The first-order valence-corrected chi connectivity index (χ1v) is 7.92. The Balaban J connectivity index is 1.98. The van der Waals surface area contributed by atoms with Gasteiger partial charge in [0, 0.05) is 18.2 Å². The number of hydrogen-bond acceptors (Lipinski definition) is 3. The van der Waals surface area contributed by atoms with Crippen molar-refractivity contribution in [1.29, 1.82) is 0 Å². The van der Waals surface area contributed by atoms with E-state index in [1.807, 2.05) is 18.2 Å². The van der Waals surface area contributed by atoms with E-state index >= 15 is 0 Å². The average Bonchev–Trinajstić information content (AvgIpc) is 2.52. The van der Waals surface area contributed by atoms with Gasteiger partial charge >= 0.3 is 0 Å². The van der Waals surface area contributed by atoms with E-state index in [-0.39, 0.29) is 5.84 Å². The van der Waals surface area contributed by atoms with E-state index in [1.165, 1.54) is 31.2 Å². The molecular formula is C17H27N3O. The molecule has 4 N–H and O–H groups in total. The van der Waals surface area contributed by atoms with Crippen LogP contribution in [0.5, 0.6) is 0 Å². The Kier molecular flexibility index (Phi) is 5.62. The highest BCUT2D eigenvalue weighted by atomic mass is 16.4. The minimum atomic E-state index is 0.162. The topological polar surface area (TPSA) is 70.6 Å². The summed E-state index contributed by atoms with van der Waals surface area (Å²) in [5, 5.41) is 15.5. The van der Waals surface area contributed by atoms with Crippen LogP contribution in [0, 0.1) is 11.8 Å². The second-order valence-corrected chi connectivity index (χ2v) is 6.37. The first-order valence-electron chi connectivity index (χ1n) is 7.92. The van der Waals surface area contributed by atoms with E-state index in [9.17, 15) is 0 Å². The van der Waals surface area contributed by atoms with Gasteiger partial charge in [0.15, 0.2) is 5.84 Å². The molecule has 0 amide bonds. The van der Waals surface area contributed by atoms with E-state index in [4.69, 9.17) is 10.9 Å². The molecule has 4 nitrogen and oxygen atoms in total. The maximum absolute atomic E-state index is 8.76. The smallest absolute Gasteiger partial charge is 0.170 e. The van der Waals surface area contributed by atoms with Gasteiger partial charge in [-0.2, -0.15) is 0 Å². The van der Waals surface area contributed by atoms with E-state index < -0.39 is 0 Å². The third-order valence-electron chi connectivity index (χ3n) is 4.57. The van der Waals surface area contributed by atoms with Crippen LogP contribution in [0.15, 0.2) is 29.4 Å². The lowest BCUT2D eigenvalue weighted by Gasteiger charge is -2.35. The zero-order valence-corrected chi connectivity index (χ0v) is 13.0. The van der Waals surface area contributed by atoms with Gasteiger partial charge in [-0.3, -0.25) is 0 Å². The molecule has 1 aromatic rings. The fraction of sp³-hybridized carbons (Fsp3) is 0.588. The predicted molar refractivity (Wildman–Crippen MR) is 86.4 cm³/mol. The Hall–Kier alpha value is -1.55. The highest BCUT2D eigenvalue weighted by Gasteiger charge is 2.26. The van der Waals surface area contributed by atoms with Crippen LogP contribution in [0.4, 0.5) is 0 Å². The van der Waals surface area contributed by atoms with Gasteiger partial charge in [-0.1, -0.05) is 50.0 Å². The molecule has 0 radical (unpaired) electrons. The molecule has 0 spiro atoms. The number of rotatable bonds is 5. The molecule has 4 heteroatoms. The van der Waals surface area contributed by atoms with Crippen LogP contribution in [0.2, 0.25) is 0 Å². The Labute approximate surface area is 127 Å². The highest BCUT2D eigenvalue weighted by Crippen LogP contribution is 2.30. The van der Waals surface area contributed by atoms with Crippen molar-refractivity contribution in [2.45, 2.75) is 52.1 Å². The SMILES string of the molecule is CC(C)C1CCCCC1NCc1cccc(/C(N)=N/O)c1. The fourth-order valence-corrected chi connectivity index (χ4v) is 3.36. The second-order valence-electron chi connectivity index (χ2n) is 6.37. The number of nitrogens with one attached hydrogen (secondary N) is 1. The van der Waals surface area contributed by atoms with Gasteiger partial charge < -0.3 is 16.3 Å². The molecular weight excluding hydrogens is 262 g/mol. The largest absolute Gasteiger partial charge is 0.409 e. The van der Waals surface area contributed by atoms with Crippen LogP contribution in [-0.2, 0) is 6.54 Å². The van der Waals surface area contributed by atoms with Crippen molar-refractivity contribution < 1.29 is 5.21 Å². The molecule has 2 atom stereocenters. The van der Waals surface area contributed by atoms with Crippen LogP contribution in [0.1, 0.15) is 50.7 Å². The van der Waals surface area contributed by atoms with Crippen molar-refractivity contribution in [3.63, 3.8) is 0 Å². The minimum Gasteiger partial charge on any atom is -0.409 e. The van der Waals surface area contributed by atoms with Gasteiger partial charge in [-0.05, 0) is 36.3 Å². The monoisotopic (exact) mass is 289 g/mol. The zero-order chi connectivity index (χ0) is 15.2. The Morgan fingerprint density at radius 1 is 1.38 bits per heavy atom. The summed E-state index contributed by atoms with van der Waals surface area (Å²) in [4.78, 5) is 0. The summed E-state index contributed by atoms with van der Waals surface area (Å²) < 4.78 is 0. The van der Waals surface area contributed by atoms with Crippen LogP contribution < -0.4 is 11.1 Å². The lowest BCUT2D eigenvalue weighted by molar-refractivity contribution is 0.204. The van der Waals surface area contributed by atoms with Gasteiger partial charge in [-0.15, -0.1) is 0 Å². The van der Waals surface area contributed by atoms with Crippen LogP contribution in [-0.4, -0.2) is 17.1 Å². The molecule has 21 heavy (non-hydrogen) atoms. The number of benzene rings is 1. The third kappa shape index (κ3) is 4.21. The van der Waals surface area contributed by atoms with E-state index in [1.54, 1.807) is 0 Å². The molecule has 0 aliphatic heterocycles. The molecule has 2 rings (SSSR count). The van der Waals surface area contributed by atoms with Crippen molar-refractivity contribution >= 4 is 5.84 Å². The molecule has 116 valence electrons. The highest BCUT2D eigenvalue weighted by molar-refractivity contribution is 5.97. The van der Waals surface area contributed by atoms with Gasteiger partial charge in [0.05, 0.1) is 0 Å². The molecule has 0 heterocycles. The van der Waals surface area contributed by atoms with Gasteiger partial charge in [0.1, 0.15) is 0 Å². The number of nitrogens with zero attached hydrogens (tertiary/aromatic N) is 1. The molecule has 0 aromatic heterocycles. The predicted octanol–water partition coefficient (Wildman–Crippen LogP) is 3.09. The Bertz CT molecular complexity index is 485. The average molecular weight is 289 g/mol. The molecule has 2 unspecified atom stereocenters. The number of oxime groups is 1. The normalized spacial score (nSPS) is 23.5. The van der Waals surface area contributed by atoms with E-state index in [0.29, 0.717) is 6.04 Å². The summed E-state index contributed by atoms with van der Waals surface area (Å²) in [5.74, 6) is 1.66. The Morgan fingerprint density at radius 3 is 2.86 bits per heavy atom. The van der Waals surface area contributed by atoms with Gasteiger partial charge in [0.2, 0.25) is 0 Å². The quantitative estimate of drug-likeness (QED) is 0.337. The van der Waals surface area contributed by atoms with Crippen molar-refractivity contribution in [2.75, 3.05) is 0 Å². The van der Waals surface area contributed by atoms with Crippen molar-refractivity contribution in [3.8, 4) is 0 Å². The van der Waals surface area contributed by atoms with Gasteiger partial charge in [-0.25, -0.2) is 0 Å². The molecule has 1 aliphatic rings. The fourth-order valence-electron chi connectivity index (χ4n) is 3.36. The Morgan fingerprint density at radius 2 is 2.14 bits per heavy atom. The first-order chi connectivity index (χ1) is 10.1. The third-order valence-corrected chi connectivity index (χ3v) is 4.57. The summed E-state index contributed by atoms with van der Waals surface area (Å²) in [6.45, 7) is 5.48. The van der Waals surface area contributed by atoms with E-state index in [0.717, 1.165) is 23.9 Å². The van der Waals surface area contributed by atoms with E-state index in [2.05, 4.69) is 30.4 Å². The zero-order valence-electron chi connectivity index (χ0n) is 13.0. The van der Waals surface area contributed by atoms with Crippen molar-refractivity contribution in [2.24, 2.45) is 22.7 Å². The summed E-state index contributed by atoms with van der Waals surface area (Å²) >= 11 is 0. The van der Waals surface area contributed by atoms with Crippen LogP contribution >= 0.6 is 0 Å². The number of nitrogens with two attached hydrogens (primary N) is 1. The molecule has 1 aliphatic carbocycles. The molecule has 1 saturated carbocycles. The first kappa shape index (κ1) is 15.8. The maximum atomic E-state index is 8.76. The molecule has 0 bridgehead atoms. The molecule has 0 saturated heterocycles. The number of hydrogen-bond donors (Lipinski definition) is 3. The molecule has 1 aromatic carbocycles.